The number of rotatable bonds is 5. The molecular weight excluding hydrogens is 304 g/mol. The third-order valence-electron chi connectivity index (χ3n) is 2.93. The summed E-state index contributed by atoms with van der Waals surface area (Å²) in [6, 6.07) is 12.2. The number of pyridine rings is 1. The van der Waals surface area contributed by atoms with E-state index in [1.165, 1.54) is 11.1 Å². The van der Waals surface area contributed by atoms with Crippen LogP contribution >= 0.6 is 15.9 Å². The zero-order valence-corrected chi connectivity index (χ0v) is 12.7. The molecule has 2 rings (SSSR count). The minimum absolute atomic E-state index is 0.822. The van der Waals surface area contributed by atoms with Crippen molar-refractivity contribution < 1.29 is 4.74 Å². The van der Waals surface area contributed by atoms with Gasteiger partial charge in [0.2, 0.25) is 0 Å². The Bertz CT molecular complexity index is 528. The normalized spacial score (nSPS) is 10.3. The van der Waals surface area contributed by atoms with Crippen molar-refractivity contribution in [2.45, 2.75) is 11.9 Å². The predicted octanol–water partition coefficient (Wildman–Crippen LogP) is 3.62. The van der Waals surface area contributed by atoms with E-state index in [0.717, 1.165) is 23.4 Å². The zero-order chi connectivity index (χ0) is 13.7. The van der Waals surface area contributed by atoms with E-state index in [1.54, 1.807) is 7.11 Å². The first-order valence-corrected chi connectivity index (χ1v) is 7.20. The molecule has 0 spiro atoms. The van der Waals surface area contributed by atoms with Crippen LogP contribution in [0.1, 0.15) is 11.1 Å². The lowest BCUT2D eigenvalue weighted by molar-refractivity contribution is 0.414. The highest BCUT2D eigenvalue weighted by Crippen LogP contribution is 2.17. The molecule has 1 aromatic carbocycles. The Morgan fingerprint density at radius 2 is 1.89 bits per heavy atom. The number of hydrogen-bond acceptors (Lipinski definition) is 3. The minimum atomic E-state index is 0.822. The first-order valence-electron chi connectivity index (χ1n) is 6.08. The van der Waals surface area contributed by atoms with Crippen molar-refractivity contribution in [1.29, 1.82) is 0 Å². The monoisotopic (exact) mass is 320 g/mol. The quantitative estimate of drug-likeness (QED) is 0.787. The predicted molar refractivity (Wildman–Crippen MR) is 82.0 cm³/mol. The molecule has 0 aliphatic rings. The average Bonchev–Trinajstić information content (AvgIpc) is 2.48. The Balaban J connectivity index is 2.08. The lowest BCUT2D eigenvalue weighted by atomic mass is 10.2. The SMILES string of the molecule is COc1ccc(CN(C)c2cc(CBr)ccn2)cc1. The van der Waals surface area contributed by atoms with Gasteiger partial charge in [-0.25, -0.2) is 4.98 Å². The summed E-state index contributed by atoms with van der Waals surface area (Å²) in [5.74, 6) is 1.86. The topological polar surface area (TPSA) is 25.4 Å². The number of nitrogens with zero attached hydrogens (tertiary/aromatic N) is 2. The van der Waals surface area contributed by atoms with Crippen LogP contribution in [-0.2, 0) is 11.9 Å². The molecule has 0 radical (unpaired) electrons. The Morgan fingerprint density at radius 3 is 2.53 bits per heavy atom. The van der Waals surface area contributed by atoms with Crippen LogP contribution in [0, 0.1) is 0 Å². The minimum Gasteiger partial charge on any atom is -0.497 e. The highest BCUT2D eigenvalue weighted by atomic mass is 79.9. The fraction of sp³-hybridized carbons (Fsp3) is 0.267. The highest BCUT2D eigenvalue weighted by molar-refractivity contribution is 9.08. The molecule has 0 fully saturated rings. The second-order valence-corrected chi connectivity index (χ2v) is 4.92. The van der Waals surface area contributed by atoms with Gasteiger partial charge < -0.3 is 9.64 Å². The second-order valence-electron chi connectivity index (χ2n) is 4.36. The van der Waals surface area contributed by atoms with E-state index in [1.807, 2.05) is 31.4 Å². The molecular formula is C15H17BrN2O. The van der Waals surface area contributed by atoms with Crippen LogP contribution < -0.4 is 9.64 Å². The third-order valence-corrected chi connectivity index (χ3v) is 3.58. The van der Waals surface area contributed by atoms with Crippen molar-refractivity contribution in [3.63, 3.8) is 0 Å². The molecule has 1 aromatic heterocycles. The molecule has 0 bridgehead atoms. The number of hydrogen-bond donors (Lipinski definition) is 0. The summed E-state index contributed by atoms with van der Waals surface area (Å²) in [6.45, 7) is 0.822. The molecule has 0 aliphatic carbocycles. The summed E-state index contributed by atoms with van der Waals surface area (Å²) >= 11 is 3.46. The molecule has 0 saturated heterocycles. The van der Waals surface area contributed by atoms with Crippen molar-refractivity contribution in [2.24, 2.45) is 0 Å². The summed E-state index contributed by atoms with van der Waals surface area (Å²) in [7, 11) is 3.72. The number of aromatic nitrogens is 1. The summed E-state index contributed by atoms with van der Waals surface area (Å²) in [5, 5.41) is 0.846. The van der Waals surface area contributed by atoms with E-state index in [2.05, 4.69) is 44.0 Å². The highest BCUT2D eigenvalue weighted by Gasteiger charge is 2.04. The van der Waals surface area contributed by atoms with Gasteiger partial charge in [0.15, 0.2) is 0 Å². The largest absolute Gasteiger partial charge is 0.497 e. The van der Waals surface area contributed by atoms with Gasteiger partial charge in [-0.15, -0.1) is 0 Å². The lowest BCUT2D eigenvalue weighted by Crippen LogP contribution is -2.17. The Morgan fingerprint density at radius 1 is 1.16 bits per heavy atom. The first-order chi connectivity index (χ1) is 9.22. The summed E-state index contributed by atoms with van der Waals surface area (Å²) < 4.78 is 5.16. The van der Waals surface area contributed by atoms with Gasteiger partial charge in [0.25, 0.3) is 0 Å². The zero-order valence-electron chi connectivity index (χ0n) is 11.1. The third kappa shape index (κ3) is 3.70. The molecule has 0 saturated carbocycles. The molecule has 100 valence electrons. The van der Waals surface area contributed by atoms with Crippen molar-refractivity contribution in [3.8, 4) is 5.75 Å². The Labute approximate surface area is 122 Å². The van der Waals surface area contributed by atoms with Gasteiger partial charge >= 0.3 is 0 Å². The number of alkyl halides is 1. The standard InChI is InChI=1S/C15H17BrN2O/c1-18(15-9-13(10-16)7-8-17-15)11-12-3-5-14(19-2)6-4-12/h3-9H,10-11H2,1-2H3. The van der Waals surface area contributed by atoms with E-state index in [0.29, 0.717) is 0 Å². The summed E-state index contributed by atoms with van der Waals surface area (Å²) in [6.07, 6.45) is 1.84. The van der Waals surface area contributed by atoms with Crippen LogP contribution in [0.3, 0.4) is 0 Å². The molecule has 19 heavy (non-hydrogen) atoms. The van der Waals surface area contributed by atoms with E-state index in [-0.39, 0.29) is 0 Å². The molecule has 0 amide bonds. The molecule has 0 unspecified atom stereocenters. The maximum absolute atomic E-state index is 5.16. The summed E-state index contributed by atoms with van der Waals surface area (Å²) in [5.41, 5.74) is 2.46. The number of benzene rings is 1. The molecule has 1 heterocycles. The van der Waals surface area contributed by atoms with Gasteiger partial charge in [-0.1, -0.05) is 28.1 Å². The van der Waals surface area contributed by atoms with Crippen molar-refractivity contribution >= 4 is 21.7 Å². The van der Waals surface area contributed by atoms with Crippen LogP contribution in [0.15, 0.2) is 42.6 Å². The van der Waals surface area contributed by atoms with Crippen molar-refractivity contribution in [1.82, 2.24) is 4.98 Å². The van der Waals surface area contributed by atoms with E-state index >= 15 is 0 Å². The van der Waals surface area contributed by atoms with E-state index in [9.17, 15) is 0 Å². The van der Waals surface area contributed by atoms with Crippen molar-refractivity contribution in [2.75, 3.05) is 19.1 Å². The average molecular weight is 321 g/mol. The van der Waals surface area contributed by atoms with Crippen molar-refractivity contribution in [3.05, 3.63) is 53.7 Å². The molecule has 3 nitrogen and oxygen atoms in total. The van der Waals surface area contributed by atoms with Gasteiger partial charge in [0.1, 0.15) is 11.6 Å². The van der Waals surface area contributed by atoms with Gasteiger partial charge in [-0.3, -0.25) is 0 Å². The molecule has 0 N–H and O–H groups in total. The van der Waals surface area contributed by atoms with Crippen LogP contribution in [-0.4, -0.2) is 19.1 Å². The Hall–Kier alpha value is -1.55. The number of methoxy groups -OCH3 is 1. The van der Waals surface area contributed by atoms with Gasteiger partial charge in [0.05, 0.1) is 7.11 Å². The van der Waals surface area contributed by atoms with Gasteiger partial charge in [-0.2, -0.15) is 0 Å². The Kier molecular flexibility index (Phi) is 4.80. The maximum Gasteiger partial charge on any atom is 0.128 e. The molecule has 2 aromatic rings. The molecule has 0 aliphatic heterocycles. The van der Waals surface area contributed by atoms with Gasteiger partial charge in [0, 0.05) is 25.1 Å². The first kappa shape index (κ1) is 13.9. The van der Waals surface area contributed by atoms with Crippen LogP contribution in [0.25, 0.3) is 0 Å². The van der Waals surface area contributed by atoms with E-state index < -0.39 is 0 Å². The van der Waals surface area contributed by atoms with Gasteiger partial charge in [-0.05, 0) is 35.4 Å². The summed E-state index contributed by atoms with van der Waals surface area (Å²) in [4.78, 5) is 6.53. The van der Waals surface area contributed by atoms with Crippen LogP contribution in [0.5, 0.6) is 5.75 Å². The molecule has 4 heteroatoms. The number of halogens is 1. The fourth-order valence-electron chi connectivity index (χ4n) is 1.84. The fourth-order valence-corrected chi connectivity index (χ4v) is 2.19. The van der Waals surface area contributed by atoms with E-state index in [4.69, 9.17) is 4.74 Å². The lowest BCUT2D eigenvalue weighted by Gasteiger charge is -2.18. The van der Waals surface area contributed by atoms with Crippen LogP contribution in [0.4, 0.5) is 5.82 Å². The number of anilines is 1. The maximum atomic E-state index is 5.16. The number of ether oxygens (including phenoxy) is 1. The second kappa shape index (κ2) is 6.57. The molecule has 0 atom stereocenters. The smallest absolute Gasteiger partial charge is 0.128 e. The van der Waals surface area contributed by atoms with Crippen LogP contribution in [0.2, 0.25) is 0 Å².